The molecule has 66 valence electrons. The fraction of sp³-hybridized carbons (Fsp3) is 0.250. The third kappa shape index (κ3) is 2.25. The van der Waals surface area contributed by atoms with E-state index in [1.54, 1.807) is 0 Å². The van der Waals surface area contributed by atoms with E-state index in [9.17, 15) is 13.9 Å². The third-order valence-electron chi connectivity index (χ3n) is 1.42. The highest BCUT2D eigenvalue weighted by molar-refractivity contribution is 9.09. The van der Waals surface area contributed by atoms with Gasteiger partial charge in [0.25, 0.3) is 0 Å². The lowest BCUT2D eigenvalue weighted by Crippen LogP contribution is -1.99. The van der Waals surface area contributed by atoms with Crippen LogP contribution in [0.1, 0.15) is 11.7 Å². The van der Waals surface area contributed by atoms with E-state index in [1.165, 1.54) is 0 Å². The minimum absolute atomic E-state index is 0.240. The van der Waals surface area contributed by atoms with Crippen LogP contribution in [0.15, 0.2) is 18.2 Å². The summed E-state index contributed by atoms with van der Waals surface area (Å²) in [5.41, 5.74) is 0.240. The quantitative estimate of drug-likeness (QED) is 0.783. The summed E-state index contributed by atoms with van der Waals surface area (Å²) in [5, 5.41) is 9.46. The Labute approximate surface area is 77.2 Å². The van der Waals surface area contributed by atoms with Gasteiger partial charge in [-0.1, -0.05) is 15.9 Å². The van der Waals surface area contributed by atoms with Crippen LogP contribution in [0.2, 0.25) is 0 Å². The van der Waals surface area contributed by atoms with Crippen LogP contribution in [0.5, 0.6) is 0 Å². The highest BCUT2D eigenvalue weighted by Crippen LogP contribution is 2.17. The maximum atomic E-state index is 12.6. The van der Waals surface area contributed by atoms with E-state index in [-0.39, 0.29) is 10.9 Å². The van der Waals surface area contributed by atoms with Crippen molar-refractivity contribution >= 4 is 15.9 Å². The van der Waals surface area contributed by atoms with Gasteiger partial charge in [-0.25, -0.2) is 8.78 Å². The SMILES string of the molecule is OC(CBr)c1cc(F)cc(F)c1. The van der Waals surface area contributed by atoms with E-state index >= 15 is 0 Å². The molecule has 0 amide bonds. The predicted molar refractivity (Wildman–Crippen MR) is 45.1 cm³/mol. The predicted octanol–water partition coefficient (Wildman–Crippen LogP) is 2.39. The number of alkyl halides is 1. The molecule has 0 spiro atoms. The summed E-state index contributed by atoms with van der Waals surface area (Å²) in [6, 6.07) is 2.98. The fourth-order valence-corrected chi connectivity index (χ4v) is 1.23. The summed E-state index contributed by atoms with van der Waals surface area (Å²) in [4.78, 5) is 0. The second-order valence-corrected chi connectivity index (χ2v) is 3.02. The van der Waals surface area contributed by atoms with Crippen LogP contribution in [0, 0.1) is 11.6 Å². The van der Waals surface area contributed by atoms with Gasteiger partial charge >= 0.3 is 0 Å². The normalized spacial score (nSPS) is 13.0. The Bertz CT molecular complexity index is 258. The number of benzene rings is 1. The zero-order chi connectivity index (χ0) is 9.14. The molecule has 0 aromatic heterocycles. The van der Waals surface area contributed by atoms with Crippen molar-refractivity contribution in [1.29, 1.82) is 0 Å². The van der Waals surface area contributed by atoms with E-state index < -0.39 is 17.7 Å². The highest BCUT2D eigenvalue weighted by atomic mass is 79.9. The lowest BCUT2D eigenvalue weighted by molar-refractivity contribution is 0.204. The molecule has 0 aliphatic carbocycles. The van der Waals surface area contributed by atoms with Gasteiger partial charge in [0, 0.05) is 11.4 Å². The fourth-order valence-electron chi connectivity index (χ4n) is 0.857. The number of rotatable bonds is 2. The lowest BCUT2D eigenvalue weighted by Gasteiger charge is -2.06. The van der Waals surface area contributed by atoms with E-state index in [1.807, 2.05) is 0 Å². The molecule has 4 heteroatoms. The maximum absolute atomic E-state index is 12.6. The molecular formula is C8H7BrF2O. The van der Waals surface area contributed by atoms with Crippen molar-refractivity contribution < 1.29 is 13.9 Å². The van der Waals surface area contributed by atoms with Crippen LogP contribution in [0.3, 0.4) is 0 Å². The lowest BCUT2D eigenvalue weighted by atomic mass is 10.1. The Hall–Kier alpha value is -0.480. The van der Waals surface area contributed by atoms with Gasteiger partial charge < -0.3 is 5.11 Å². The Morgan fingerprint density at radius 3 is 2.17 bits per heavy atom. The van der Waals surface area contributed by atoms with E-state index in [0.29, 0.717) is 0 Å². The first-order chi connectivity index (χ1) is 5.63. The average molecular weight is 237 g/mol. The Balaban J connectivity index is 3.00. The highest BCUT2D eigenvalue weighted by Gasteiger charge is 2.08. The number of hydrogen-bond donors (Lipinski definition) is 1. The number of halogens is 3. The van der Waals surface area contributed by atoms with Gasteiger partial charge in [0.05, 0.1) is 6.10 Å². The van der Waals surface area contributed by atoms with Crippen LogP contribution in [-0.4, -0.2) is 10.4 Å². The third-order valence-corrected chi connectivity index (χ3v) is 2.03. The molecule has 0 aliphatic heterocycles. The first-order valence-corrected chi connectivity index (χ1v) is 4.45. The van der Waals surface area contributed by atoms with Crippen LogP contribution >= 0.6 is 15.9 Å². The zero-order valence-corrected chi connectivity index (χ0v) is 7.68. The standard InChI is InChI=1S/C8H7BrF2O/c9-4-8(12)5-1-6(10)3-7(11)2-5/h1-3,8,12H,4H2. The minimum Gasteiger partial charge on any atom is -0.388 e. The van der Waals surface area contributed by atoms with E-state index in [2.05, 4.69) is 15.9 Å². The minimum atomic E-state index is -0.866. The molecule has 1 atom stereocenters. The van der Waals surface area contributed by atoms with Crippen molar-refractivity contribution in [2.75, 3.05) is 5.33 Å². The first kappa shape index (κ1) is 9.61. The molecule has 1 N–H and O–H groups in total. The molecule has 0 fully saturated rings. The van der Waals surface area contributed by atoms with Crippen molar-refractivity contribution in [3.63, 3.8) is 0 Å². The molecule has 0 bridgehead atoms. The molecule has 0 saturated heterocycles. The summed E-state index contributed by atoms with van der Waals surface area (Å²) in [6.45, 7) is 0. The van der Waals surface area contributed by atoms with E-state index in [4.69, 9.17) is 0 Å². The molecule has 1 rings (SSSR count). The molecule has 1 aromatic carbocycles. The molecule has 12 heavy (non-hydrogen) atoms. The molecule has 1 aromatic rings. The topological polar surface area (TPSA) is 20.2 Å². The van der Waals surface area contributed by atoms with Gasteiger partial charge in [0.1, 0.15) is 11.6 Å². The monoisotopic (exact) mass is 236 g/mol. The van der Waals surface area contributed by atoms with Gasteiger partial charge in [0.15, 0.2) is 0 Å². The smallest absolute Gasteiger partial charge is 0.126 e. The molecule has 0 heterocycles. The molecular weight excluding hydrogens is 230 g/mol. The summed E-state index contributed by atoms with van der Waals surface area (Å²) in [6.07, 6.45) is -0.866. The summed E-state index contributed by atoms with van der Waals surface area (Å²) in [5.74, 6) is -1.35. The second-order valence-electron chi connectivity index (χ2n) is 2.37. The van der Waals surface area contributed by atoms with Crippen LogP contribution in [0.25, 0.3) is 0 Å². The molecule has 0 aliphatic rings. The zero-order valence-electron chi connectivity index (χ0n) is 6.10. The van der Waals surface area contributed by atoms with Crippen LogP contribution in [-0.2, 0) is 0 Å². The van der Waals surface area contributed by atoms with Gasteiger partial charge in [0.2, 0.25) is 0 Å². The second kappa shape index (κ2) is 3.96. The van der Waals surface area contributed by atoms with Gasteiger partial charge in [-0.15, -0.1) is 0 Å². The maximum Gasteiger partial charge on any atom is 0.126 e. The summed E-state index contributed by atoms with van der Waals surface area (Å²) >= 11 is 3.01. The molecule has 0 saturated carbocycles. The molecule has 1 unspecified atom stereocenters. The Morgan fingerprint density at radius 1 is 1.25 bits per heavy atom. The van der Waals surface area contributed by atoms with E-state index in [0.717, 1.165) is 18.2 Å². The Morgan fingerprint density at radius 2 is 1.75 bits per heavy atom. The summed E-state index contributed by atoms with van der Waals surface area (Å²) in [7, 11) is 0. The van der Waals surface area contributed by atoms with Gasteiger partial charge in [-0.2, -0.15) is 0 Å². The Kier molecular flexibility index (Phi) is 3.17. The van der Waals surface area contributed by atoms with Gasteiger partial charge in [-0.3, -0.25) is 0 Å². The van der Waals surface area contributed by atoms with Crippen molar-refractivity contribution in [3.8, 4) is 0 Å². The van der Waals surface area contributed by atoms with Crippen molar-refractivity contribution in [3.05, 3.63) is 35.4 Å². The first-order valence-electron chi connectivity index (χ1n) is 3.33. The summed E-state index contributed by atoms with van der Waals surface area (Å²) < 4.78 is 25.1. The number of aliphatic hydroxyl groups excluding tert-OH is 1. The van der Waals surface area contributed by atoms with Crippen LogP contribution in [0.4, 0.5) is 8.78 Å². The number of hydrogen-bond acceptors (Lipinski definition) is 1. The van der Waals surface area contributed by atoms with Crippen LogP contribution < -0.4 is 0 Å². The average Bonchev–Trinajstić information content (AvgIpc) is 2.01. The van der Waals surface area contributed by atoms with Crippen molar-refractivity contribution in [2.45, 2.75) is 6.10 Å². The molecule has 0 radical (unpaired) electrons. The van der Waals surface area contributed by atoms with Crippen molar-refractivity contribution in [1.82, 2.24) is 0 Å². The molecule has 1 nitrogen and oxygen atoms in total. The van der Waals surface area contributed by atoms with Gasteiger partial charge in [-0.05, 0) is 17.7 Å². The van der Waals surface area contributed by atoms with Crippen molar-refractivity contribution in [2.24, 2.45) is 0 Å². The largest absolute Gasteiger partial charge is 0.388 e. The number of aliphatic hydroxyl groups is 1.